The minimum atomic E-state index is -0.155. The molecule has 150 valence electrons. The summed E-state index contributed by atoms with van der Waals surface area (Å²) in [6, 6.07) is 17.1. The van der Waals surface area contributed by atoms with Crippen LogP contribution in [-0.4, -0.2) is 32.4 Å². The zero-order chi connectivity index (χ0) is 20.7. The molecule has 1 aliphatic rings. The number of hydrogen-bond acceptors (Lipinski definition) is 5. The Kier molecular flexibility index (Phi) is 4.59. The molecule has 1 fully saturated rings. The fraction of sp³-hybridized carbons (Fsp3) is 0.182. The molecule has 1 atom stereocenters. The van der Waals surface area contributed by atoms with Crippen LogP contribution in [0.4, 0.5) is 5.69 Å². The van der Waals surface area contributed by atoms with Gasteiger partial charge in [0.1, 0.15) is 0 Å². The molecule has 1 aliphatic heterocycles. The normalized spacial score (nSPS) is 16.4. The van der Waals surface area contributed by atoms with Gasteiger partial charge >= 0.3 is 0 Å². The van der Waals surface area contributed by atoms with Gasteiger partial charge in [0.2, 0.25) is 17.6 Å². The van der Waals surface area contributed by atoms with Crippen LogP contribution in [-0.2, 0) is 11.8 Å². The van der Waals surface area contributed by atoms with E-state index in [0.717, 1.165) is 22.5 Å². The van der Waals surface area contributed by atoms with Crippen LogP contribution in [0.1, 0.15) is 18.2 Å². The van der Waals surface area contributed by atoms with Gasteiger partial charge in [0.05, 0.1) is 11.6 Å². The molecule has 7 nitrogen and oxygen atoms in total. The van der Waals surface area contributed by atoms with Gasteiger partial charge in [0.25, 0.3) is 0 Å². The Morgan fingerprint density at radius 2 is 1.93 bits per heavy atom. The van der Waals surface area contributed by atoms with Gasteiger partial charge < -0.3 is 9.42 Å². The molecule has 0 saturated carbocycles. The highest BCUT2D eigenvalue weighted by atomic mass is 35.5. The minimum Gasteiger partial charge on any atom is -0.339 e. The highest BCUT2D eigenvalue weighted by Crippen LogP contribution is 2.33. The number of hydrogen-bond donors (Lipinski definition) is 0. The van der Waals surface area contributed by atoms with E-state index in [2.05, 4.69) is 15.2 Å². The van der Waals surface area contributed by atoms with Gasteiger partial charge in [-0.05, 0) is 30.3 Å². The lowest BCUT2D eigenvalue weighted by atomic mass is 10.1. The number of aromatic nitrogens is 4. The minimum absolute atomic E-state index is 0.0141. The molecule has 2 aromatic heterocycles. The van der Waals surface area contributed by atoms with Crippen molar-refractivity contribution in [3.05, 3.63) is 71.7 Å². The topological polar surface area (TPSA) is 77.0 Å². The van der Waals surface area contributed by atoms with Crippen molar-refractivity contribution in [2.24, 2.45) is 7.05 Å². The molecule has 8 heteroatoms. The number of carbonyl (C=O) groups is 1. The summed E-state index contributed by atoms with van der Waals surface area (Å²) in [7, 11) is 1.90. The number of nitrogens with zero attached hydrogens (tertiary/aromatic N) is 5. The van der Waals surface area contributed by atoms with Crippen LogP contribution in [0.3, 0.4) is 0 Å². The quantitative estimate of drug-likeness (QED) is 0.492. The lowest BCUT2D eigenvalue weighted by Crippen LogP contribution is -2.24. The Morgan fingerprint density at radius 3 is 2.73 bits per heavy atom. The van der Waals surface area contributed by atoms with Crippen molar-refractivity contribution in [3.63, 3.8) is 0 Å². The fourth-order valence-corrected chi connectivity index (χ4v) is 3.94. The highest BCUT2D eigenvalue weighted by molar-refractivity contribution is 6.30. The summed E-state index contributed by atoms with van der Waals surface area (Å²) in [6.07, 6.45) is 2.08. The predicted octanol–water partition coefficient (Wildman–Crippen LogP) is 4.31. The zero-order valence-corrected chi connectivity index (χ0v) is 17.0. The summed E-state index contributed by atoms with van der Waals surface area (Å²) in [6.45, 7) is 0.482. The Labute approximate surface area is 177 Å². The Morgan fingerprint density at radius 1 is 1.10 bits per heavy atom. The molecule has 2 aromatic carbocycles. The van der Waals surface area contributed by atoms with Crippen LogP contribution in [0.25, 0.3) is 22.6 Å². The van der Waals surface area contributed by atoms with Gasteiger partial charge in [-0.25, -0.2) is 0 Å². The molecule has 0 bridgehead atoms. The van der Waals surface area contributed by atoms with E-state index < -0.39 is 0 Å². The third-order valence-corrected chi connectivity index (χ3v) is 5.51. The summed E-state index contributed by atoms with van der Waals surface area (Å²) in [5.74, 6) is 0.828. The number of benzene rings is 2. The maximum absolute atomic E-state index is 12.5. The van der Waals surface area contributed by atoms with E-state index in [0.29, 0.717) is 29.7 Å². The lowest BCUT2D eigenvalue weighted by molar-refractivity contribution is -0.117. The van der Waals surface area contributed by atoms with Crippen LogP contribution < -0.4 is 4.90 Å². The van der Waals surface area contributed by atoms with Crippen molar-refractivity contribution in [1.29, 1.82) is 0 Å². The summed E-state index contributed by atoms with van der Waals surface area (Å²) in [5, 5.41) is 8.97. The number of rotatable bonds is 4. The molecule has 0 unspecified atom stereocenters. The van der Waals surface area contributed by atoms with Crippen molar-refractivity contribution in [2.45, 2.75) is 12.3 Å². The first kappa shape index (κ1) is 18.6. The maximum atomic E-state index is 12.5. The second kappa shape index (κ2) is 7.42. The maximum Gasteiger partial charge on any atom is 0.232 e. The number of carbonyl (C=O) groups excluding carboxylic acids is 1. The summed E-state index contributed by atoms with van der Waals surface area (Å²) in [4.78, 5) is 18.8. The van der Waals surface area contributed by atoms with Crippen LogP contribution in [0.2, 0.25) is 5.02 Å². The first-order valence-corrected chi connectivity index (χ1v) is 9.94. The van der Waals surface area contributed by atoms with Crippen molar-refractivity contribution in [2.75, 3.05) is 11.4 Å². The molecular formula is C22H18ClN5O2. The molecule has 30 heavy (non-hydrogen) atoms. The largest absolute Gasteiger partial charge is 0.339 e. The molecule has 0 radical (unpaired) electrons. The zero-order valence-electron chi connectivity index (χ0n) is 16.2. The summed E-state index contributed by atoms with van der Waals surface area (Å²) >= 11 is 6.07. The Bertz CT molecular complexity index is 1230. The van der Waals surface area contributed by atoms with Crippen LogP contribution >= 0.6 is 11.6 Å². The van der Waals surface area contributed by atoms with E-state index in [4.69, 9.17) is 16.1 Å². The Hall–Kier alpha value is -3.45. The van der Waals surface area contributed by atoms with Crippen molar-refractivity contribution in [1.82, 2.24) is 19.9 Å². The van der Waals surface area contributed by atoms with E-state index in [1.165, 1.54) is 0 Å². The third-order valence-electron chi connectivity index (χ3n) is 5.27. The number of amides is 1. The average Bonchev–Trinajstić information content (AvgIpc) is 3.47. The van der Waals surface area contributed by atoms with Gasteiger partial charge in [0, 0.05) is 48.0 Å². The van der Waals surface area contributed by atoms with Crippen molar-refractivity contribution in [3.8, 4) is 22.6 Å². The van der Waals surface area contributed by atoms with E-state index in [1.54, 1.807) is 23.2 Å². The number of anilines is 1. The second-order valence-corrected chi connectivity index (χ2v) is 7.70. The van der Waals surface area contributed by atoms with Crippen LogP contribution in [0.5, 0.6) is 0 Å². The highest BCUT2D eigenvalue weighted by Gasteiger charge is 2.35. The van der Waals surface area contributed by atoms with Crippen LogP contribution in [0, 0.1) is 0 Å². The lowest BCUT2D eigenvalue weighted by Gasteiger charge is -2.16. The van der Waals surface area contributed by atoms with Crippen molar-refractivity contribution < 1.29 is 9.32 Å². The van der Waals surface area contributed by atoms with E-state index in [1.807, 2.05) is 54.2 Å². The predicted molar refractivity (Wildman–Crippen MR) is 113 cm³/mol. The van der Waals surface area contributed by atoms with Crippen molar-refractivity contribution >= 4 is 23.2 Å². The van der Waals surface area contributed by atoms with Gasteiger partial charge in [-0.15, -0.1) is 0 Å². The molecule has 3 heterocycles. The molecule has 5 rings (SSSR count). The third kappa shape index (κ3) is 3.37. The van der Waals surface area contributed by atoms with E-state index in [9.17, 15) is 4.79 Å². The Balaban J connectivity index is 1.39. The fourth-order valence-electron chi connectivity index (χ4n) is 3.76. The van der Waals surface area contributed by atoms with E-state index >= 15 is 0 Å². The first-order valence-electron chi connectivity index (χ1n) is 9.57. The monoisotopic (exact) mass is 419 g/mol. The molecule has 0 N–H and O–H groups in total. The van der Waals surface area contributed by atoms with Crippen LogP contribution in [0.15, 0.2) is 65.3 Å². The molecular weight excluding hydrogens is 402 g/mol. The number of aryl methyl sites for hydroxylation is 1. The molecule has 1 amide bonds. The molecule has 1 saturated heterocycles. The summed E-state index contributed by atoms with van der Waals surface area (Å²) in [5.41, 5.74) is 3.64. The smallest absolute Gasteiger partial charge is 0.232 e. The number of halogens is 1. The molecule has 0 aliphatic carbocycles. The molecule has 0 spiro atoms. The van der Waals surface area contributed by atoms with Gasteiger partial charge in [-0.2, -0.15) is 10.1 Å². The first-order chi connectivity index (χ1) is 14.6. The summed E-state index contributed by atoms with van der Waals surface area (Å²) < 4.78 is 7.34. The SMILES string of the molecule is Cn1nccc1-c1cccc(-c2noc([C@H]3CC(=O)N(c4cccc(Cl)c4)C3)n2)c1. The standard InChI is InChI=1S/C22H18ClN5O2/c1-27-19(8-9-24-27)14-4-2-5-15(10-14)21-25-22(30-26-21)16-11-20(29)28(13-16)18-7-3-6-17(23)12-18/h2-10,12,16H,11,13H2,1H3/t16-/m0/s1. The van der Waals surface area contributed by atoms with Gasteiger partial charge in [-0.1, -0.05) is 41.0 Å². The average molecular weight is 420 g/mol. The second-order valence-electron chi connectivity index (χ2n) is 7.26. The van der Waals surface area contributed by atoms with E-state index in [-0.39, 0.29) is 11.8 Å². The molecule has 4 aromatic rings. The van der Waals surface area contributed by atoms with Gasteiger partial charge in [-0.3, -0.25) is 9.48 Å². The van der Waals surface area contributed by atoms with Gasteiger partial charge in [0.15, 0.2) is 0 Å².